The molecule has 0 aliphatic heterocycles. The molecule has 5 aromatic rings. The second-order valence-corrected chi connectivity index (χ2v) is 7.88. The number of aromatic nitrogens is 2. The molecule has 32 heavy (non-hydrogen) atoms. The molecule has 0 spiro atoms. The Morgan fingerprint density at radius 2 is 1.50 bits per heavy atom. The highest BCUT2D eigenvalue weighted by Gasteiger charge is 2.28. The summed E-state index contributed by atoms with van der Waals surface area (Å²) < 4.78 is 0. The Balaban J connectivity index is 1.74. The largest absolute Gasteiger partial charge is 0.385 e. The van der Waals surface area contributed by atoms with E-state index < -0.39 is 0 Å². The molecule has 4 N–H and O–H groups in total. The summed E-state index contributed by atoms with van der Waals surface area (Å²) in [6.07, 6.45) is 1.67. The normalized spacial score (nSPS) is 11.0. The number of H-pyrrole nitrogens is 2. The maximum Gasteiger partial charge on any atom is 0.209 e. The van der Waals surface area contributed by atoms with Gasteiger partial charge in [0, 0.05) is 38.8 Å². The molecule has 0 fully saturated rings. The Kier molecular flexibility index (Phi) is 4.88. The standard InChI is InChI=1S/C26H18ClN3O2/c27-17-12-10-15(11-13-17)21-22(25(32)19-14-29-20-9-5-4-8-18(19)20)26(28)30-23(21)24(31)16-6-2-1-3-7-16/h1-14,29-30H,28H2. The van der Waals surface area contributed by atoms with E-state index in [1.807, 2.05) is 30.3 Å². The van der Waals surface area contributed by atoms with Gasteiger partial charge >= 0.3 is 0 Å². The minimum atomic E-state index is -0.270. The van der Waals surface area contributed by atoms with E-state index in [0.29, 0.717) is 27.3 Å². The number of nitrogens with one attached hydrogen (secondary N) is 2. The van der Waals surface area contributed by atoms with Gasteiger partial charge in [-0.3, -0.25) is 9.59 Å². The fraction of sp³-hybridized carbons (Fsp3) is 0. The van der Waals surface area contributed by atoms with Crippen LogP contribution in [-0.4, -0.2) is 21.5 Å². The van der Waals surface area contributed by atoms with Crippen LogP contribution >= 0.6 is 11.6 Å². The average molecular weight is 440 g/mol. The maximum atomic E-state index is 13.7. The summed E-state index contributed by atoms with van der Waals surface area (Å²) in [6.45, 7) is 0. The topological polar surface area (TPSA) is 91.7 Å². The van der Waals surface area contributed by atoms with Crippen molar-refractivity contribution in [3.8, 4) is 11.1 Å². The highest BCUT2D eigenvalue weighted by Crippen LogP contribution is 2.36. The van der Waals surface area contributed by atoms with Crippen LogP contribution in [0.2, 0.25) is 5.02 Å². The molecule has 0 amide bonds. The van der Waals surface area contributed by atoms with Crippen LogP contribution in [-0.2, 0) is 0 Å². The van der Waals surface area contributed by atoms with E-state index in [-0.39, 0.29) is 28.6 Å². The van der Waals surface area contributed by atoms with E-state index in [9.17, 15) is 9.59 Å². The fourth-order valence-electron chi connectivity index (χ4n) is 3.96. The summed E-state index contributed by atoms with van der Waals surface area (Å²) >= 11 is 6.08. The molecule has 0 aliphatic rings. The molecule has 6 heteroatoms. The Hall–Kier alpha value is -4.09. The Morgan fingerprint density at radius 1 is 0.812 bits per heavy atom. The van der Waals surface area contributed by atoms with Crippen molar-refractivity contribution in [1.82, 2.24) is 9.97 Å². The zero-order chi connectivity index (χ0) is 22.2. The lowest BCUT2D eigenvalue weighted by Crippen LogP contribution is -2.06. The molecule has 0 radical (unpaired) electrons. The number of aromatic amines is 2. The maximum absolute atomic E-state index is 13.7. The summed E-state index contributed by atoms with van der Waals surface area (Å²) in [6, 6.07) is 23.4. The third kappa shape index (κ3) is 3.29. The lowest BCUT2D eigenvalue weighted by Gasteiger charge is -2.08. The number of carbonyl (C=O) groups is 2. The summed E-state index contributed by atoms with van der Waals surface area (Å²) in [5.41, 5.74) is 9.80. The lowest BCUT2D eigenvalue weighted by atomic mass is 9.93. The molecular formula is C26H18ClN3O2. The van der Waals surface area contributed by atoms with Gasteiger partial charge in [-0.15, -0.1) is 0 Å². The molecular weight excluding hydrogens is 422 g/mol. The molecule has 0 bridgehead atoms. The molecule has 2 heterocycles. The van der Waals surface area contributed by atoms with Crippen LogP contribution in [0, 0.1) is 0 Å². The number of benzene rings is 3. The quantitative estimate of drug-likeness (QED) is 0.299. The van der Waals surface area contributed by atoms with E-state index in [0.717, 1.165) is 10.9 Å². The molecule has 0 saturated carbocycles. The van der Waals surface area contributed by atoms with Crippen LogP contribution in [0.4, 0.5) is 5.82 Å². The van der Waals surface area contributed by atoms with Crippen molar-refractivity contribution in [2.75, 3.05) is 5.73 Å². The zero-order valence-electron chi connectivity index (χ0n) is 16.9. The molecule has 156 valence electrons. The minimum absolute atomic E-state index is 0.143. The molecule has 2 aromatic heterocycles. The monoisotopic (exact) mass is 439 g/mol. The number of nitrogen functional groups attached to an aromatic ring is 1. The first-order valence-electron chi connectivity index (χ1n) is 10.0. The molecule has 0 atom stereocenters. The number of hydrogen-bond donors (Lipinski definition) is 3. The molecule has 0 unspecified atom stereocenters. The van der Waals surface area contributed by atoms with Gasteiger partial charge in [-0.1, -0.05) is 72.3 Å². The van der Waals surface area contributed by atoms with E-state index in [1.165, 1.54) is 0 Å². The van der Waals surface area contributed by atoms with Crippen molar-refractivity contribution in [2.24, 2.45) is 0 Å². The van der Waals surface area contributed by atoms with Crippen LogP contribution in [0.3, 0.4) is 0 Å². The van der Waals surface area contributed by atoms with Crippen molar-refractivity contribution in [2.45, 2.75) is 0 Å². The van der Waals surface area contributed by atoms with E-state index >= 15 is 0 Å². The number of ketones is 2. The van der Waals surface area contributed by atoms with Gasteiger partial charge in [-0.25, -0.2) is 0 Å². The smallest absolute Gasteiger partial charge is 0.209 e. The average Bonchev–Trinajstić information content (AvgIpc) is 3.40. The Labute approximate surface area is 188 Å². The van der Waals surface area contributed by atoms with E-state index in [4.69, 9.17) is 17.3 Å². The Morgan fingerprint density at radius 3 is 2.25 bits per heavy atom. The first kappa shape index (κ1) is 19.8. The number of hydrogen-bond acceptors (Lipinski definition) is 3. The summed E-state index contributed by atoms with van der Waals surface area (Å²) in [5.74, 6) is -0.377. The number of para-hydroxylation sites is 1. The minimum Gasteiger partial charge on any atom is -0.385 e. The number of rotatable bonds is 5. The molecule has 5 nitrogen and oxygen atoms in total. The van der Waals surface area contributed by atoms with Crippen molar-refractivity contribution >= 4 is 39.9 Å². The number of anilines is 1. The first-order chi connectivity index (χ1) is 15.5. The van der Waals surface area contributed by atoms with E-state index in [1.54, 1.807) is 54.7 Å². The predicted octanol–water partition coefficient (Wildman–Crippen LogP) is 5.86. The molecule has 3 aromatic carbocycles. The number of fused-ring (bicyclic) bond motifs is 1. The van der Waals surface area contributed by atoms with Crippen molar-refractivity contribution < 1.29 is 9.59 Å². The summed E-state index contributed by atoms with van der Waals surface area (Å²) in [4.78, 5) is 33.2. The Bertz CT molecular complexity index is 1460. The zero-order valence-corrected chi connectivity index (χ0v) is 17.6. The second kappa shape index (κ2) is 7.87. The summed E-state index contributed by atoms with van der Waals surface area (Å²) in [7, 11) is 0. The molecule has 0 aliphatic carbocycles. The fourth-order valence-corrected chi connectivity index (χ4v) is 4.08. The van der Waals surface area contributed by atoms with Crippen molar-refractivity contribution in [3.05, 3.63) is 112 Å². The van der Waals surface area contributed by atoms with E-state index in [2.05, 4.69) is 9.97 Å². The first-order valence-corrected chi connectivity index (χ1v) is 10.4. The van der Waals surface area contributed by atoms with Gasteiger partial charge in [0.2, 0.25) is 5.78 Å². The highest BCUT2D eigenvalue weighted by atomic mass is 35.5. The predicted molar refractivity (Wildman–Crippen MR) is 127 cm³/mol. The number of nitrogens with two attached hydrogens (primary N) is 1. The van der Waals surface area contributed by atoms with Crippen LogP contribution in [0.5, 0.6) is 0 Å². The van der Waals surface area contributed by atoms with Gasteiger partial charge in [0.25, 0.3) is 0 Å². The van der Waals surface area contributed by atoms with Crippen molar-refractivity contribution in [1.29, 1.82) is 0 Å². The third-order valence-electron chi connectivity index (χ3n) is 5.49. The van der Waals surface area contributed by atoms with Crippen LogP contribution in [0.25, 0.3) is 22.0 Å². The lowest BCUT2D eigenvalue weighted by molar-refractivity contribution is 0.103. The second-order valence-electron chi connectivity index (χ2n) is 7.44. The van der Waals surface area contributed by atoms with Gasteiger partial charge < -0.3 is 15.7 Å². The number of carbonyl (C=O) groups excluding carboxylic acids is 2. The van der Waals surface area contributed by atoms with Crippen LogP contribution in [0.15, 0.2) is 85.1 Å². The van der Waals surface area contributed by atoms with Gasteiger partial charge in [0.1, 0.15) is 5.82 Å². The van der Waals surface area contributed by atoms with Gasteiger partial charge in [0.15, 0.2) is 5.78 Å². The molecule has 0 saturated heterocycles. The van der Waals surface area contributed by atoms with Gasteiger partial charge in [-0.2, -0.15) is 0 Å². The van der Waals surface area contributed by atoms with Gasteiger partial charge in [-0.05, 0) is 23.8 Å². The third-order valence-corrected chi connectivity index (χ3v) is 5.74. The number of halogens is 1. The summed E-state index contributed by atoms with van der Waals surface area (Å²) in [5, 5.41) is 1.34. The molecule has 5 rings (SSSR count). The highest BCUT2D eigenvalue weighted by molar-refractivity contribution is 6.30. The van der Waals surface area contributed by atoms with Crippen LogP contribution < -0.4 is 5.73 Å². The van der Waals surface area contributed by atoms with Gasteiger partial charge in [0.05, 0.1) is 11.3 Å². The van der Waals surface area contributed by atoms with Crippen LogP contribution in [0.1, 0.15) is 32.0 Å². The SMILES string of the molecule is Nc1[nH]c(C(=O)c2ccccc2)c(-c2ccc(Cl)cc2)c1C(=O)c1c[nH]c2ccccc12. The van der Waals surface area contributed by atoms with Crippen molar-refractivity contribution in [3.63, 3.8) is 0 Å².